The summed E-state index contributed by atoms with van der Waals surface area (Å²) in [5.74, 6) is 0. The molecule has 164 valence electrons. The zero-order valence-electron chi connectivity index (χ0n) is 19.5. The van der Waals surface area contributed by atoms with E-state index in [0.29, 0.717) is 6.04 Å². The second kappa shape index (κ2) is 16.9. The van der Waals surface area contributed by atoms with Crippen LogP contribution in [0.4, 0.5) is 0 Å². The van der Waals surface area contributed by atoms with Crippen molar-refractivity contribution >= 4 is 8.56 Å². The predicted molar refractivity (Wildman–Crippen MR) is 121 cm³/mol. The molecule has 0 aromatic carbocycles. The molecule has 0 rings (SSSR count). The fourth-order valence-electron chi connectivity index (χ4n) is 3.44. The second-order valence-electron chi connectivity index (χ2n) is 7.68. The first-order chi connectivity index (χ1) is 13.0. The lowest BCUT2D eigenvalue weighted by molar-refractivity contribution is 0.156. The third-order valence-electron chi connectivity index (χ3n) is 5.19. The van der Waals surface area contributed by atoms with Crippen molar-refractivity contribution < 1.29 is 8.85 Å². The van der Waals surface area contributed by atoms with Gasteiger partial charge in [-0.3, -0.25) is 0 Å². The second-order valence-corrected chi connectivity index (χ2v) is 11.1. The maximum Gasteiger partial charge on any atom is 0.352 e. The SMILES string of the molecule is CCCN(C)CCCN(CCCNC(C)CC)C[Si](CC)(OCC)OCC. The standard InChI is InChI=1S/C21H49N3O2Si/c1-8-16-23(7)17-14-19-24(18-13-15-22-21(6)9-2)20-27(12-5,25-10-3)26-11-4/h21-22H,8-20H2,1-7H3. The van der Waals surface area contributed by atoms with Gasteiger partial charge in [-0.2, -0.15) is 0 Å². The summed E-state index contributed by atoms with van der Waals surface area (Å²) in [4.78, 5) is 5.05. The van der Waals surface area contributed by atoms with E-state index >= 15 is 0 Å². The molecule has 0 spiro atoms. The smallest absolute Gasteiger partial charge is 0.352 e. The van der Waals surface area contributed by atoms with Crippen LogP contribution in [0.3, 0.4) is 0 Å². The number of hydrogen-bond acceptors (Lipinski definition) is 5. The van der Waals surface area contributed by atoms with Gasteiger partial charge in [-0.25, -0.2) is 0 Å². The Morgan fingerprint density at radius 2 is 1.52 bits per heavy atom. The zero-order chi connectivity index (χ0) is 20.5. The van der Waals surface area contributed by atoms with E-state index in [1.807, 2.05) is 0 Å². The summed E-state index contributed by atoms with van der Waals surface area (Å²) >= 11 is 0. The van der Waals surface area contributed by atoms with Crippen molar-refractivity contribution in [3.8, 4) is 0 Å². The van der Waals surface area contributed by atoms with E-state index in [2.05, 4.69) is 63.7 Å². The number of nitrogens with one attached hydrogen (secondary N) is 1. The van der Waals surface area contributed by atoms with Crippen LogP contribution in [0.1, 0.15) is 67.2 Å². The van der Waals surface area contributed by atoms with Crippen molar-refractivity contribution in [1.82, 2.24) is 15.1 Å². The Morgan fingerprint density at radius 3 is 2.04 bits per heavy atom. The first-order valence-corrected chi connectivity index (χ1v) is 13.6. The van der Waals surface area contributed by atoms with Gasteiger partial charge in [-0.15, -0.1) is 0 Å². The lowest BCUT2D eigenvalue weighted by Gasteiger charge is -2.35. The van der Waals surface area contributed by atoms with Gasteiger partial charge in [0.2, 0.25) is 0 Å². The van der Waals surface area contributed by atoms with Crippen molar-refractivity contribution in [3.05, 3.63) is 0 Å². The molecule has 0 radical (unpaired) electrons. The van der Waals surface area contributed by atoms with Crippen molar-refractivity contribution in [2.45, 2.75) is 79.3 Å². The van der Waals surface area contributed by atoms with E-state index in [9.17, 15) is 0 Å². The normalized spacial score (nSPS) is 13.7. The zero-order valence-corrected chi connectivity index (χ0v) is 20.5. The first-order valence-electron chi connectivity index (χ1n) is 11.4. The number of hydrogen-bond donors (Lipinski definition) is 1. The average molecular weight is 404 g/mol. The predicted octanol–water partition coefficient (Wildman–Crippen LogP) is 3.87. The van der Waals surface area contributed by atoms with Gasteiger partial charge in [0.1, 0.15) is 0 Å². The average Bonchev–Trinajstić information content (AvgIpc) is 2.65. The molecule has 0 saturated carbocycles. The summed E-state index contributed by atoms with van der Waals surface area (Å²) in [5, 5.41) is 3.62. The fraction of sp³-hybridized carbons (Fsp3) is 1.00. The van der Waals surface area contributed by atoms with E-state index in [1.165, 1.54) is 38.8 Å². The Morgan fingerprint density at radius 1 is 0.889 bits per heavy atom. The van der Waals surface area contributed by atoms with E-state index in [-0.39, 0.29) is 0 Å². The highest BCUT2D eigenvalue weighted by atomic mass is 28.4. The lowest BCUT2D eigenvalue weighted by atomic mass is 10.2. The van der Waals surface area contributed by atoms with E-state index in [4.69, 9.17) is 8.85 Å². The Balaban J connectivity index is 4.71. The van der Waals surface area contributed by atoms with Gasteiger partial charge in [0.25, 0.3) is 0 Å². The molecular formula is C21H49N3O2Si. The minimum absolute atomic E-state index is 0.608. The maximum absolute atomic E-state index is 6.23. The van der Waals surface area contributed by atoms with Crippen molar-refractivity contribution in [2.24, 2.45) is 0 Å². The summed E-state index contributed by atoms with van der Waals surface area (Å²) in [7, 11) is 0.110. The van der Waals surface area contributed by atoms with Gasteiger partial charge in [-0.05, 0) is 92.3 Å². The van der Waals surface area contributed by atoms with Gasteiger partial charge in [-0.1, -0.05) is 20.8 Å². The summed E-state index contributed by atoms with van der Waals surface area (Å²) in [5.41, 5.74) is 0. The summed E-state index contributed by atoms with van der Waals surface area (Å²) in [6.45, 7) is 20.4. The Hall–Kier alpha value is 0.0169. The molecule has 5 nitrogen and oxygen atoms in total. The Kier molecular flexibility index (Phi) is 16.9. The van der Waals surface area contributed by atoms with Crippen molar-refractivity contribution in [2.75, 3.05) is 59.2 Å². The molecule has 1 atom stereocenters. The third kappa shape index (κ3) is 13.0. The van der Waals surface area contributed by atoms with Gasteiger partial charge >= 0.3 is 8.56 Å². The highest BCUT2D eigenvalue weighted by Crippen LogP contribution is 2.16. The molecule has 0 aromatic heterocycles. The molecule has 0 aromatic rings. The minimum Gasteiger partial charge on any atom is -0.394 e. The largest absolute Gasteiger partial charge is 0.394 e. The minimum atomic E-state index is -2.12. The molecule has 1 N–H and O–H groups in total. The van der Waals surface area contributed by atoms with Gasteiger partial charge in [0.05, 0.1) is 0 Å². The molecule has 1 unspecified atom stereocenters. The van der Waals surface area contributed by atoms with Gasteiger partial charge in [0, 0.05) is 25.4 Å². The molecule has 0 bridgehead atoms. The Labute approximate surface area is 171 Å². The van der Waals surface area contributed by atoms with Crippen LogP contribution in [0.15, 0.2) is 0 Å². The molecule has 0 aliphatic heterocycles. The molecule has 0 heterocycles. The van der Waals surface area contributed by atoms with Crippen LogP contribution in [-0.2, 0) is 8.85 Å². The monoisotopic (exact) mass is 403 g/mol. The number of nitrogens with zero attached hydrogens (tertiary/aromatic N) is 2. The van der Waals surface area contributed by atoms with Crippen LogP contribution in [-0.4, -0.2) is 83.6 Å². The summed E-state index contributed by atoms with van der Waals surface area (Å²) in [6.07, 6.45) is 5.80. The van der Waals surface area contributed by atoms with E-state index in [1.54, 1.807) is 0 Å². The molecule has 6 heteroatoms. The van der Waals surface area contributed by atoms with Crippen molar-refractivity contribution in [1.29, 1.82) is 0 Å². The molecular weight excluding hydrogens is 354 g/mol. The third-order valence-corrected chi connectivity index (χ3v) is 8.83. The van der Waals surface area contributed by atoms with E-state index < -0.39 is 8.56 Å². The van der Waals surface area contributed by atoms with Crippen LogP contribution < -0.4 is 5.32 Å². The maximum atomic E-state index is 6.23. The molecule has 27 heavy (non-hydrogen) atoms. The van der Waals surface area contributed by atoms with Gasteiger partial charge in [0.15, 0.2) is 0 Å². The van der Waals surface area contributed by atoms with Gasteiger partial charge < -0.3 is 24.0 Å². The fourth-order valence-corrected chi connectivity index (χ4v) is 6.39. The van der Waals surface area contributed by atoms with Crippen molar-refractivity contribution in [3.63, 3.8) is 0 Å². The molecule has 0 saturated heterocycles. The molecule has 0 aliphatic carbocycles. The molecule has 0 fully saturated rings. The molecule has 0 amide bonds. The van der Waals surface area contributed by atoms with Crippen LogP contribution in [0.2, 0.25) is 6.04 Å². The topological polar surface area (TPSA) is 37.0 Å². The highest BCUT2D eigenvalue weighted by Gasteiger charge is 2.37. The number of rotatable bonds is 19. The summed E-state index contributed by atoms with van der Waals surface area (Å²) in [6, 6.07) is 1.63. The van der Waals surface area contributed by atoms with Crippen LogP contribution in [0, 0.1) is 0 Å². The Bertz CT molecular complexity index is 329. The highest BCUT2D eigenvalue weighted by molar-refractivity contribution is 6.67. The first kappa shape index (κ1) is 27.0. The van der Waals surface area contributed by atoms with Crippen LogP contribution >= 0.6 is 0 Å². The summed E-state index contributed by atoms with van der Waals surface area (Å²) < 4.78 is 12.5. The lowest BCUT2D eigenvalue weighted by Crippen LogP contribution is -2.53. The quantitative estimate of drug-likeness (QED) is 0.262. The molecule has 0 aliphatic rings. The van der Waals surface area contributed by atoms with E-state index in [0.717, 1.165) is 45.1 Å². The van der Waals surface area contributed by atoms with Crippen LogP contribution in [0.25, 0.3) is 0 Å². The van der Waals surface area contributed by atoms with Crippen LogP contribution in [0.5, 0.6) is 0 Å².